The zero-order valence-corrected chi connectivity index (χ0v) is 3.98. The monoisotopic (exact) mass is 87.1 g/mol. The first-order chi connectivity index (χ1) is 2.91. The molecule has 0 saturated carbocycles. The Labute approximate surface area is 39.0 Å². The highest BCUT2D eigenvalue weighted by Crippen LogP contribution is 1.88. The van der Waals surface area contributed by atoms with Crippen molar-refractivity contribution in [2.75, 3.05) is 6.61 Å². The fourth-order valence-electron chi connectivity index (χ4n) is 0.289. The smallest absolute Gasteiger partial charge is 0.0851 e. The summed E-state index contributed by atoms with van der Waals surface area (Å²) in [5, 5.41) is 8.17. The number of aliphatic hydroxyl groups excluding tert-OH is 1. The fraction of sp³-hybridized carbons (Fsp3) is 0.800. The van der Waals surface area contributed by atoms with E-state index in [1.54, 1.807) is 0 Å². The Hall–Kier alpha value is -0.170. The minimum Gasteiger partial charge on any atom is -0.396 e. The van der Waals surface area contributed by atoms with Crippen molar-refractivity contribution in [3.05, 3.63) is 6.92 Å². The van der Waals surface area contributed by atoms with Crippen LogP contribution in [-0.4, -0.2) is 11.7 Å². The summed E-state index contributed by atoms with van der Waals surface area (Å²) in [6.07, 6.45) is 2.90. The molecule has 0 heterocycles. The van der Waals surface area contributed by atoms with E-state index in [9.17, 15) is 0 Å². The van der Waals surface area contributed by atoms with Crippen LogP contribution in [0.3, 0.4) is 0 Å². The van der Waals surface area contributed by atoms with Gasteiger partial charge in [0.2, 0.25) is 0 Å². The molecule has 0 aromatic heterocycles. The molecule has 0 rings (SSSR count). The highest BCUT2D eigenvalue weighted by molar-refractivity contribution is 4.38. The van der Waals surface area contributed by atoms with Gasteiger partial charge in [0.1, 0.15) is 0 Å². The third-order valence-electron chi connectivity index (χ3n) is 0.658. The van der Waals surface area contributed by atoms with E-state index in [2.05, 4.69) is 6.92 Å². The van der Waals surface area contributed by atoms with Gasteiger partial charge >= 0.3 is 0 Å². The number of hydrogen-bond acceptors (Lipinski definition) is 1. The van der Waals surface area contributed by atoms with Crippen LogP contribution in [0.15, 0.2) is 0 Å². The molecular weight excluding hydrogens is 76.1 g/mol. The molecule has 36 valence electrons. The Morgan fingerprint density at radius 1 is 1.33 bits per heavy atom. The van der Waals surface area contributed by atoms with E-state index in [0.717, 1.165) is 19.3 Å². The predicted molar refractivity (Wildman–Crippen MR) is 26.3 cm³/mol. The average molecular weight is 87.1 g/mol. The van der Waals surface area contributed by atoms with Gasteiger partial charge in [0.25, 0.3) is 0 Å². The van der Waals surface area contributed by atoms with Gasteiger partial charge < -0.3 is 5.11 Å². The summed E-state index contributed by atoms with van der Waals surface area (Å²) in [5.74, 6) is 0. The van der Waals surface area contributed by atoms with Crippen molar-refractivity contribution in [3.8, 4) is 0 Å². The van der Waals surface area contributed by atoms with E-state index < -0.39 is 0 Å². The Morgan fingerprint density at radius 3 is 2.17 bits per heavy atom. The van der Waals surface area contributed by atoms with Crippen LogP contribution in [0.1, 0.15) is 19.3 Å². The molecule has 1 nitrogen and oxygen atoms in total. The van der Waals surface area contributed by atoms with Gasteiger partial charge in [-0.3, -0.25) is 0 Å². The molecule has 0 aliphatic rings. The Balaban J connectivity index is 2.34. The maximum absolute atomic E-state index is 8.17. The molecule has 0 aliphatic carbocycles. The zero-order valence-electron chi connectivity index (χ0n) is 3.98. The molecule has 0 radical (unpaired) electrons. The summed E-state index contributed by atoms with van der Waals surface area (Å²) >= 11 is 0. The quantitative estimate of drug-likeness (QED) is 0.402. The molecule has 0 atom stereocenters. The van der Waals surface area contributed by atoms with Crippen molar-refractivity contribution >= 4 is 0 Å². The number of unbranched alkanes of at least 4 members (excludes halogenated alkanes) is 2. The topological polar surface area (TPSA) is 20.2 Å². The van der Waals surface area contributed by atoms with Crippen molar-refractivity contribution < 1.29 is 5.11 Å². The van der Waals surface area contributed by atoms with Crippen molar-refractivity contribution in [3.63, 3.8) is 0 Å². The molecule has 0 fully saturated rings. The summed E-state index contributed by atoms with van der Waals surface area (Å²) in [5.41, 5.74) is 0. The second-order valence-electron chi connectivity index (χ2n) is 1.28. The van der Waals surface area contributed by atoms with Crippen LogP contribution in [0, 0.1) is 6.92 Å². The number of rotatable bonds is 3. The van der Waals surface area contributed by atoms with Crippen LogP contribution >= 0.6 is 0 Å². The van der Waals surface area contributed by atoms with Gasteiger partial charge in [-0.25, -0.2) is 0 Å². The van der Waals surface area contributed by atoms with E-state index in [4.69, 9.17) is 5.11 Å². The molecular formula is C5H11O+. The summed E-state index contributed by atoms with van der Waals surface area (Å²) in [4.78, 5) is 0. The predicted octanol–water partition coefficient (Wildman–Crippen LogP) is 0.983. The first-order valence-electron chi connectivity index (χ1n) is 2.32. The van der Waals surface area contributed by atoms with E-state index in [1.807, 2.05) is 0 Å². The second-order valence-corrected chi connectivity index (χ2v) is 1.28. The molecule has 0 aromatic carbocycles. The highest BCUT2D eigenvalue weighted by atomic mass is 16.2. The summed E-state index contributed by atoms with van der Waals surface area (Å²) in [7, 11) is 0. The minimum atomic E-state index is 0.315. The highest BCUT2D eigenvalue weighted by Gasteiger charge is 1.81. The first kappa shape index (κ1) is 5.83. The molecule has 0 aromatic rings. The van der Waals surface area contributed by atoms with Crippen LogP contribution in [0.2, 0.25) is 0 Å². The molecule has 0 unspecified atom stereocenters. The van der Waals surface area contributed by atoms with Gasteiger partial charge in [0.15, 0.2) is 0 Å². The maximum Gasteiger partial charge on any atom is 0.0851 e. The molecule has 1 N–H and O–H groups in total. The first-order valence-corrected chi connectivity index (χ1v) is 2.32. The maximum atomic E-state index is 8.17. The van der Waals surface area contributed by atoms with Crippen LogP contribution in [0.5, 0.6) is 0 Å². The normalized spacial score (nSPS) is 8.83. The van der Waals surface area contributed by atoms with Crippen molar-refractivity contribution in [1.82, 2.24) is 0 Å². The van der Waals surface area contributed by atoms with E-state index in [1.165, 1.54) is 0 Å². The molecule has 0 aliphatic heterocycles. The Kier molecular flexibility index (Phi) is 4.69. The number of hydrogen-bond donors (Lipinski definition) is 1. The van der Waals surface area contributed by atoms with E-state index in [0.29, 0.717) is 6.61 Å². The van der Waals surface area contributed by atoms with Gasteiger partial charge in [0, 0.05) is 6.61 Å². The van der Waals surface area contributed by atoms with Crippen LogP contribution < -0.4 is 0 Å². The molecule has 6 heavy (non-hydrogen) atoms. The Morgan fingerprint density at radius 2 is 2.00 bits per heavy atom. The minimum absolute atomic E-state index is 0.315. The van der Waals surface area contributed by atoms with E-state index in [-0.39, 0.29) is 0 Å². The molecule has 1 heteroatoms. The van der Waals surface area contributed by atoms with Gasteiger partial charge in [0.05, 0.1) is 13.3 Å². The molecule has 0 spiro atoms. The van der Waals surface area contributed by atoms with Gasteiger partial charge in [-0.2, -0.15) is 0 Å². The summed E-state index contributed by atoms with van der Waals surface area (Å²) in [6.45, 7) is 3.93. The third kappa shape index (κ3) is 3.83. The fourth-order valence-corrected chi connectivity index (χ4v) is 0.289. The Bertz CT molecular complexity index is 15.9. The molecule has 0 amide bonds. The third-order valence-corrected chi connectivity index (χ3v) is 0.658. The average Bonchev–Trinajstić information content (AvgIpc) is 1.61. The van der Waals surface area contributed by atoms with Crippen LogP contribution in [0.25, 0.3) is 0 Å². The molecule has 0 bridgehead atoms. The van der Waals surface area contributed by atoms with Gasteiger partial charge in [-0.05, 0) is 12.8 Å². The lowest BCUT2D eigenvalue weighted by molar-refractivity contribution is 0.285. The molecule has 0 saturated heterocycles. The SMILES string of the molecule is [CH2+]CCCCO. The largest absolute Gasteiger partial charge is 0.396 e. The van der Waals surface area contributed by atoms with Crippen molar-refractivity contribution in [2.45, 2.75) is 19.3 Å². The van der Waals surface area contributed by atoms with E-state index >= 15 is 0 Å². The lowest BCUT2D eigenvalue weighted by Crippen LogP contribution is -1.78. The van der Waals surface area contributed by atoms with Crippen molar-refractivity contribution in [1.29, 1.82) is 0 Å². The zero-order chi connectivity index (χ0) is 4.83. The van der Waals surface area contributed by atoms with Gasteiger partial charge in [-0.1, -0.05) is 0 Å². The van der Waals surface area contributed by atoms with Crippen molar-refractivity contribution in [2.24, 2.45) is 0 Å². The lowest BCUT2D eigenvalue weighted by Gasteiger charge is -1.82. The lowest BCUT2D eigenvalue weighted by atomic mass is 10.3. The second kappa shape index (κ2) is 4.83. The standard InChI is InChI=1S/C5H11O/c1-2-3-4-5-6/h6H,1-5H2/q+1. The van der Waals surface area contributed by atoms with Crippen LogP contribution in [0.4, 0.5) is 0 Å². The summed E-state index contributed by atoms with van der Waals surface area (Å²) in [6, 6.07) is 0. The van der Waals surface area contributed by atoms with Crippen LogP contribution in [-0.2, 0) is 0 Å². The van der Waals surface area contributed by atoms with Gasteiger partial charge in [-0.15, -0.1) is 0 Å². The summed E-state index contributed by atoms with van der Waals surface area (Å²) < 4.78 is 0. The number of aliphatic hydroxyl groups is 1.